The summed E-state index contributed by atoms with van der Waals surface area (Å²) in [5.74, 6) is -0.0292. The molecule has 0 saturated carbocycles. The van der Waals surface area contributed by atoms with Crippen LogP contribution in [0.2, 0.25) is 0 Å². The fourth-order valence-electron chi connectivity index (χ4n) is 3.63. The number of carbonyl (C=O) groups is 1. The van der Waals surface area contributed by atoms with Gasteiger partial charge in [-0.1, -0.05) is 60.7 Å². The van der Waals surface area contributed by atoms with E-state index in [4.69, 9.17) is 4.42 Å². The van der Waals surface area contributed by atoms with Crippen LogP contribution in [0.1, 0.15) is 5.56 Å². The van der Waals surface area contributed by atoms with Gasteiger partial charge in [-0.05, 0) is 40.6 Å². The predicted molar refractivity (Wildman–Crippen MR) is 110 cm³/mol. The number of hydrogen-bond donors (Lipinski definition) is 1. The first kappa shape index (κ1) is 15.6. The number of furan rings is 1. The molecule has 3 nitrogen and oxygen atoms in total. The Kier molecular flexibility index (Phi) is 3.65. The van der Waals surface area contributed by atoms with Crippen LogP contribution in [0.25, 0.3) is 32.7 Å². The first-order valence-electron chi connectivity index (χ1n) is 8.96. The Bertz CT molecular complexity index is 1290. The van der Waals surface area contributed by atoms with Gasteiger partial charge in [-0.25, -0.2) is 0 Å². The molecule has 0 unspecified atom stereocenters. The van der Waals surface area contributed by atoms with E-state index in [0.29, 0.717) is 6.42 Å². The van der Waals surface area contributed by atoms with Gasteiger partial charge in [0.25, 0.3) is 0 Å². The Morgan fingerprint density at radius 1 is 0.741 bits per heavy atom. The normalized spacial score (nSPS) is 11.3. The molecular weight excluding hydrogens is 334 g/mol. The summed E-state index contributed by atoms with van der Waals surface area (Å²) in [5, 5.41) is 7.35. The van der Waals surface area contributed by atoms with Crippen molar-refractivity contribution < 1.29 is 9.21 Å². The van der Waals surface area contributed by atoms with E-state index in [-0.39, 0.29) is 5.91 Å². The van der Waals surface area contributed by atoms with Crippen LogP contribution in [0.5, 0.6) is 0 Å². The van der Waals surface area contributed by atoms with E-state index < -0.39 is 0 Å². The minimum absolute atomic E-state index is 0.0292. The first-order chi connectivity index (χ1) is 13.3. The van der Waals surface area contributed by atoms with Gasteiger partial charge in [-0.3, -0.25) is 4.79 Å². The molecule has 1 aromatic heterocycles. The molecule has 0 aliphatic rings. The van der Waals surface area contributed by atoms with Crippen LogP contribution < -0.4 is 5.32 Å². The molecule has 0 radical (unpaired) electrons. The fourth-order valence-corrected chi connectivity index (χ4v) is 3.63. The molecule has 0 bridgehead atoms. The van der Waals surface area contributed by atoms with Crippen molar-refractivity contribution in [1.29, 1.82) is 0 Å². The van der Waals surface area contributed by atoms with E-state index in [9.17, 15) is 4.79 Å². The molecule has 0 aliphatic heterocycles. The van der Waals surface area contributed by atoms with Crippen molar-refractivity contribution in [1.82, 2.24) is 0 Å². The third-order valence-electron chi connectivity index (χ3n) is 4.89. The highest BCUT2D eigenvalue weighted by atomic mass is 16.3. The molecule has 1 heterocycles. The Hall–Kier alpha value is -3.59. The molecule has 5 aromatic rings. The lowest BCUT2D eigenvalue weighted by molar-refractivity contribution is -0.115. The lowest BCUT2D eigenvalue weighted by atomic mass is 10.0. The lowest BCUT2D eigenvalue weighted by Gasteiger charge is -2.08. The average molecular weight is 351 g/mol. The monoisotopic (exact) mass is 351 g/mol. The first-order valence-corrected chi connectivity index (χ1v) is 8.96. The summed E-state index contributed by atoms with van der Waals surface area (Å²) >= 11 is 0. The molecule has 0 fully saturated rings. The van der Waals surface area contributed by atoms with Crippen molar-refractivity contribution in [3.05, 3.63) is 90.5 Å². The van der Waals surface area contributed by atoms with Gasteiger partial charge in [-0.2, -0.15) is 0 Å². The van der Waals surface area contributed by atoms with Gasteiger partial charge in [0.1, 0.15) is 11.2 Å². The summed E-state index contributed by atoms with van der Waals surface area (Å²) in [6.45, 7) is 0. The summed E-state index contributed by atoms with van der Waals surface area (Å²) in [4.78, 5) is 12.6. The predicted octanol–water partition coefficient (Wildman–Crippen LogP) is 5.92. The molecule has 0 spiro atoms. The van der Waals surface area contributed by atoms with E-state index in [1.54, 1.807) is 0 Å². The van der Waals surface area contributed by atoms with Gasteiger partial charge >= 0.3 is 0 Å². The molecule has 0 atom stereocenters. The highest BCUT2D eigenvalue weighted by Crippen LogP contribution is 2.30. The van der Waals surface area contributed by atoms with Crippen LogP contribution in [0.4, 0.5) is 5.69 Å². The van der Waals surface area contributed by atoms with Crippen LogP contribution in [0.15, 0.2) is 89.3 Å². The molecule has 0 aliphatic carbocycles. The van der Waals surface area contributed by atoms with Crippen molar-refractivity contribution in [2.45, 2.75) is 6.42 Å². The van der Waals surface area contributed by atoms with E-state index in [0.717, 1.165) is 44.0 Å². The van der Waals surface area contributed by atoms with Gasteiger partial charge in [0.05, 0.1) is 6.42 Å². The Labute approximate surface area is 156 Å². The standard InChI is InChI=1S/C24H17NO2/c26-24(14-17-8-5-7-16-6-1-2-9-19(16)17)25-18-12-13-23-21(15-18)20-10-3-4-11-22(20)27-23/h1-13,15H,14H2,(H,25,26). The summed E-state index contributed by atoms with van der Waals surface area (Å²) in [6, 6.07) is 27.9. The minimum atomic E-state index is -0.0292. The highest BCUT2D eigenvalue weighted by molar-refractivity contribution is 6.07. The van der Waals surface area contributed by atoms with Gasteiger partial charge in [0.15, 0.2) is 0 Å². The second kappa shape index (κ2) is 6.29. The van der Waals surface area contributed by atoms with Crippen molar-refractivity contribution >= 4 is 44.3 Å². The molecule has 5 rings (SSSR count). The molecule has 130 valence electrons. The maximum Gasteiger partial charge on any atom is 0.228 e. The number of anilines is 1. The van der Waals surface area contributed by atoms with E-state index in [1.165, 1.54) is 0 Å². The fraction of sp³-hybridized carbons (Fsp3) is 0.0417. The second-order valence-corrected chi connectivity index (χ2v) is 6.67. The third-order valence-corrected chi connectivity index (χ3v) is 4.89. The van der Waals surface area contributed by atoms with Crippen LogP contribution in [-0.2, 0) is 11.2 Å². The summed E-state index contributed by atoms with van der Waals surface area (Å²) in [7, 11) is 0. The number of fused-ring (bicyclic) bond motifs is 4. The van der Waals surface area contributed by atoms with Gasteiger partial charge in [-0.15, -0.1) is 0 Å². The van der Waals surface area contributed by atoms with Crippen LogP contribution in [-0.4, -0.2) is 5.91 Å². The Morgan fingerprint density at radius 3 is 2.41 bits per heavy atom. The summed E-state index contributed by atoms with van der Waals surface area (Å²) in [6.07, 6.45) is 0.339. The van der Waals surface area contributed by atoms with Crippen LogP contribution in [0.3, 0.4) is 0 Å². The third kappa shape index (κ3) is 2.83. The molecule has 4 aromatic carbocycles. The number of rotatable bonds is 3. The maximum atomic E-state index is 12.6. The van der Waals surface area contributed by atoms with Crippen molar-refractivity contribution in [2.24, 2.45) is 0 Å². The van der Waals surface area contributed by atoms with Gasteiger partial charge < -0.3 is 9.73 Å². The largest absolute Gasteiger partial charge is 0.456 e. The van der Waals surface area contributed by atoms with Crippen molar-refractivity contribution in [3.8, 4) is 0 Å². The molecule has 1 amide bonds. The number of nitrogens with one attached hydrogen (secondary N) is 1. The Morgan fingerprint density at radius 2 is 1.48 bits per heavy atom. The number of para-hydroxylation sites is 1. The SMILES string of the molecule is O=C(Cc1cccc2ccccc12)Nc1ccc2oc3ccccc3c2c1. The Balaban J connectivity index is 1.44. The number of carbonyl (C=O) groups excluding carboxylic acids is 1. The average Bonchev–Trinajstić information content (AvgIpc) is 3.06. The topological polar surface area (TPSA) is 42.2 Å². The van der Waals surface area contributed by atoms with E-state index >= 15 is 0 Å². The molecule has 3 heteroatoms. The molecular formula is C24H17NO2. The molecule has 27 heavy (non-hydrogen) atoms. The highest BCUT2D eigenvalue weighted by Gasteiger charge is 2.10. The van der Waals surface area contributed by atoms with Crippen molar-refractivity contribution in [3.63, 3.8) is 0 Å². The van der Waals surface area contributed by atoms with Crippen LogP contribution in [0, 0.1) is 0 Å². The second-order valence-electron chi connectivity index (χ2n) is 6.67. The molecule has 1 N–H and O–H groups in total. The van der Waals surface area contributed by atoms with E-state index in [2.05, 4.69) is 23.5 Å². The number of amides is 1. The maximum absolute atomic E-state index is 12.6. The summed E-state index contributed by atoms with van der Waals surface area (Å²) < 4.78 is 5.84. The summed E-state index contributed by atoms with van der Waals surface area (Å²) in [5.41, 5.74) is 3.48. The minimum Gasteiger partial charge on any atom is -0.456 e. The number of benzene rings is 4. The number of hydrogen-bond acceptors (Lipinski definition) is 2. The zero-order valence-electron chi connectivity index (χ0n) is 14.6. The van der Waals surface area contributed by atoms with Gasteiger partial charge in [0, 0.05) is 16.5 Å². The lowest BCUT2D eigenvalue weighted by Crippen LogP contribution is -2.14. The smallest absolute Gasteiger partial charge is 0.228 e. The zero-order chi connectivity index (χ0) is 18.2. The molecule has 0 saturated heterocycles. The zero-order valence-corrected chi connectivity index (χ0v) is 14.6. The van der Waals surface area contributed by atoms with Gasteiger partial charge in [0.2, 0.25) is 5.91 Å². The van der Waals surface area contributed by atoms with Crippen molar-refractivity contribution in [2.75, 3.05) is 5.32 Å². The quantitative estimate of drug-likeness (QED) is 0.438. The van der Waals surface area contributed by atoms with Crippen LogP contribution >= 0.6 is 0 Å². The van der Waals surface area contributed by atoms with E-state index in [1.807, 2.05) is 66.7 Å².